The van der Waals surface area contributed by atoms with Gasteiger partial charge in [-0.3, -0.25) is 0 Å². The first-order valence-electron chi connectivity index (χ1n) is 6.45. The van der Waals surface area contributed by atoms with Crippen LogP contribution >= 0.6 is 0 Å². The van der Waals surface area contributed by atoms with Gasteiger partial charge in [-0.05, 0) is 53.3 Å². The van der Waals surface area contributed by atoms with Crippen molar-refractivity contribution < 1.29 is 4.39 Å². The number of hydrogen-bond donors (Lipinski definition) is 1. The van der Waals surface area contributed by atoms with Crippen molar-refractivity contribution in [3.05, 3.63) is 24.0 Å². The number of tetrazole rings is 1. The zero-order chi connectivity index (χ0) is 13.5. The summed E-state index contributed by atoms with van der Waals surface area (Å²) in [7, 11) is 0. The van der Waals surface area contributed by atoms with Crippen LogP contribution < -0.4 is 5.73 Å². The zero-order valence-corrected chi connectivity index (χ0v) is 10.8. The number of nitrogens with two attached hydrogens (primary N) is 1. The van der Waals surface area contributed by atoms with Crippen molar-refractivity contribution in [3.8, 4) is 11.4 Å². The number of hydrogen-bond acceptors (Lipinski definition) is 4. The average molecular weight is 261 g/mol. The minimum absolute atomic E-state index is 0.115. The first-order chi connectivity index (χ1) is 9.13. The lowest BCUT2D eigenvalue weighted by atomic mass is 10.0. The van der Waals surface area contributed by atoms with Crippen molar-refractivity contribution in [2.75, 3.05) is 5.73 Å². The van der Waals surface area contributed by atoms with E-state index in [-0.39, 0.29) is 5.69 Å². The van der Waals surface area contributed by atoms with Crippen molar-refractivity contribution in [2.24, 2.45) is 5.41 Å². The van der Waals surface area contributed by atoms with Gasteiger partial charge in [0.15, 0.2) is 5.82 Å². The second-order valence-corrected chi connectivity index (χ2v) is 5.25. The van der Waals surface area contributed by atoms with Crippen molar-refractivity contribution in [1.29, 1.82) is 0 Å². The molecule has 19 heavy (non-hydrogen) atoms. The van der Waals surface area contributed by atoms with Gasteiger partial charge in [-0.2, -0.15) is 0 Å². The monoisotopic (exact) mass is 261 g/mol. The summed E-state index contributed by atoms with van der Waals surface area (Å²) in [5.74, 6) is 0.224. The SMILES string of the molecule is CCC1(Cn2nnnc2-c2ccc(F)c(N)c2)CC1. The minimum atomic E-state index is -0.421. The summed E-state index contributed by atoms with van der Waals surface area (Å²) in [4.78, 5) is 0. The molecule has 1 saturated carbocycles. The fourth-order valence-corrected chi connectivity index (χ4v) is 2.32. The van der Waals surface area contributed by atoms with E-state index in [1.807, 2.05) is 0 Å². The average Bonchev–Trinajstić information content (AvgIpc) is 3.03. The Labute approximate surface area is 110 Å². The molecule has 0 bridgehead atoms. The number of anilines is 1. The van der Waals surface area contributed by atoms with Crippen LogP contribution in [0.4, 0.5) is 10.1 Å². The molecule has 0 unspecified atom stereocenters. The zero-order valence-electron chi connectivity index (χ0n) is 10.8. The van der Waals surface area contributed by atoms with E-state index in [0.717, 1.165) is 18.5 Å². The maximum absolute atomic E-state index is 13.2. The van der Waals surface area contributed by atoms with Crippen LogP contribution in [0.5, 0.6) is 0 Å². The van der Waals surface area contributed by atoms with Crippen molar-refractivity contribution in [2.45, 2.75) is 32.7 Å². The Morgan fingerprint density at radius 2 is 2.21 bits per heavy atom. The van der Waals surface area contributed by atoms with Crippen molar-refractivity contribution >= 4 is 5.69 Å². The number of halogens is 1. The molecule has 0 aliphatic heterocycles. The lowest BCUT2D eigenvalue weighted by molar-refractivity contribution is 0.382. The quantitative estimate of drug-likeness (QED) is 0.857. The highest BCUT2D eigenvalue weighted by molar-refractivity contribution is 5.61. The van der Waals surface area contributed by atoms with Crippen LogP contribution in [-0.2, 0) is 6.54 Å². The lowest BCUT2D eigenvalue weighted by Gasteiger charge is -2.13. The highest BCUT2D eigenvalue weighted by atomic mass is 19.1. The Morgan fingerprint density at radius 3 is 2.84 bits per heavy atom. The standard InChI is InChI=1S/C13H16FN5/c1-2-13(5-6-13)8-19-12(16-17-18-19)9-3-4-10(14)11(15)7-9/h3-4,7H,2,5-6,8,15H2,1H3. The molecule has 1 aromatic heterocycles. The van der Waals surface area contributed by atoms with E-state index in [1.54, 1.807) is 16.8 Å². The Bertz CT molecular complexity index is 603. The topological polar surface area (TPSA) is 69.6 Å². The van der Waals surface area contributed by atoms with Gasteiger partial charge in [0.2, 0.25) is 0 Å². The van der Waals surface area contributed by atoms with Gasteiger partial charge in [0.25, 0.3) is 0 Å². The molecule has 6 heteroatoms. The highest BCUT2D eigenvalue weighted by Crippen LogP contribution is 2.50. The summed E-state index contributed by atoms with van der Waals surface area (Å²) in [6.07, 6.45) is 3.56. The minimum Gasteiger partial charge on any atom is -0.396 e. The second kappa shape index (κ2) is 4.29. The summed E-state index contributed by atoms with van der Waals surface area (Å²) in [5, 5.41) is 11.8. The molecule has 3 rings (SSSR count). The summed E-state index contributed by atoms with van der Waals surface area (Å²) >= 11 is 0. The van der Waals surface area contributed by atoms with Gasteiger partial charge in [0.05, 0.1) is 12.2 Å². The number of aromatic nitrogens is 4. The smallest absolute Gasteiger partial charge is 0.182 e. The Morgan fingerprint density at radius 1 is 1.42 bits per heavy atom. The second-order valence-electron chi connectivity index (χ2n) is 5.25. The summed E-state index contributed by atoms with van der Waals surface area (Å²) in [6, 6.07) is 4.57. The van der Waals surface area contributed by atoms with E-state index < -0.39 is 5.82 Å². The van der Waals surface area contributed by atoms with Gasteiger partial charge in [-0.15, -0.1) is 5.10 Å². The third-order valence-electron chi connectivity index (χ3n) is 3.98. The van der Waals surface area contributed by atoms with Gasteiger partial charge in [0, 0.05) is 5.56 Å². The fraction of sp³-hybridized carbons (Fsp3) is 0.462. The summed E-state index contributed by atoms with van der Waals surface area (Å²) < 4.78 is 15.0. The molecule has 1 aliphatic rings. The molecular weight excluding hydrogens is 245 g/mol. The predicted octanol–water partition coefficient (Wildman–Crippen LogP) is 2.25. The molecule has 100 valence electrons. The molecule has 0 radical (unpaired) electrons. The Kier molecular flexibility index (Phi) is 2.73. The largest absolute Gasteiger partial charge is 0.396 e. The molecule has 1 heterocycles. The number of rotatable bonds is 4. The number of nitrogen functional groups attached to an aromatic ring is 1. The number of nitrogens with zero attached hydrogens (tertiary/aromatic N) is 4. The highest BCUT2D eigenvalue weighted by Gasteiger charge is 2.41. The number of benzene rings is 1. The molecule has 0 saturated heterocycles. The Balaban J connectivity index is 1.93. The summed E-state index contributed by atoms with van der Waals surface area (Å²) in [6.45, 7) is 3.00. The van der Waals surface area contributed by atoms with Crippen molar-refractivity contribution in [1.82, 2.24) is 20.2 Å². The van der Waals surface area contributed by atoms with Crippen molar-refractivity contribution in [3.63, 3.8) is 0 Å². The van der Waals surface area contributed by atoms with Crippen LogP contribution in [0, 0.1) is 11.2 Å². The molecule has 1 aliphatic carbocycles. The van der Waals surface area contributed by atoms with Crippen LogP contribution in [0.1, 0.15) is 26.2 Å². The summed E-state index contributed by atoms with van der Waals surface area (Å²) in [5.41, 5.74) is 6.79. The van der Waals surface area contributed by atoms with Gasteiger partial charge in [-0.1, -0.05) is 6.92 Å². The molecule has 0 spiro atoms. The van der Waals surface area contributed by atoms with E-state index >= 15 is 0 Å². The van der Waals surface area contributed by atoms with E-state index in [2.05, 4.69) is 22.4 Å². The third-order valence-corrected chi connectivity index (χ3v) is 3.98. The van der Waals surface area contributed by atoms with Gasteiger partial charge < -0.3 is 5.73 Å². The van der Waals surface area contributed by atoms with E-state index in [0.29, 0.717) is 11.2 Å². The van der Waals surface area contributed by atoms with Crippen LogP contribution in [0.15, 0.2) is 18.2 Å². The van der Waals surface area contributed by atoms with Crippen LogP contribution in [0.2, 0.25) is 0 Å². The maximum atomic E-state index is 13.2. The fourth-order valence-electron chi connectivity index (χ4n) is 2.32. The Hall–Kier alpha value is -1.98. The first-order valence-corrected chi connectivity index (χ1v) is 6.45. The van der Waals surface area contributed by atoms with E-state index in [1.165, 1.54) is 18.9 Å². The van der Waals surface area contributed by atoms with E-state index in [9.17, 15) is 4.39 Å². The molecule has 2 aromatic rings. The first kappa shape index (κ1) is 12.1. The molecule has 0 atom stereocenters. The van der Waals surface area contributed by atoms with Gasteiger partial charge in [-0.25, -0.2) is 9.07 Å². The lowest BCUT2D eigenvalue weighted by Crippen LogP contribution is -2.13. The van der Waals surface area contributed by atoms with E-state index in [4.69, 9.17) is 5.73 Å². The predicted molar refractivity (Wildman–Crippen MR) is 69.6 cm³/mol. The molecular formula is C13H16FN5. The van der Waals surface area contributed by atoms with Crippen LogP contribution in [0.3, 0.4) is 0 Å². The molecule has 2 N–H and O–H groups in total. The van der Waals surface area contributed by atoms with Gasteiger partial charge >= 0.3 is 0 Å². The van der Waals surface area contributed by atoms with Gasteiger partial charge in [0.1, 0.15) is 5.82 Å². The normalized spacial score (nSPS) is 16.5. The molecule has 1 aromatic carbocycles. The third kappa shape index (κ3) is 2.18. The van der Waals surface area contributed by atoms with Crippen LogP contribution in [0.25, 0.3) is 11.4 Å². The molecule has 1 fully saturated rings. The van der Waals surface area contributed by atoms with Crippen LogP contribution in [-0.4, -0.2) is 20.2 Å². The maximum Gasteiger partial charge on any atom is 0.182 e. The molecule has 0 amide bonds. The molecule has 5 nitrogen and oxygen atoms in total.